The predicted molar refractivity (Wildman–Crippen MR) is 214 cm³/mol. The third-order valence-electron chi connectivity index (χ3n) is 10.9. The topological polar surface area (TPSA) is 375 Å². The Bertz CT molecular complexity index is 2400. The lowest BCUT2D eigenvalue weighted by Gasteiger charge is -2.46. The fourth-order valence-corrected chi connectivity index (χ4v) is 7.35. The number of phenolic OH excluding ortho intramolecular Hbond substituents is 4. The molecule has 0 saturated carbocycles. The number of aromatic hydroxyl groups is 4. The van der Waals surface area contributed by atoms with Crippen molar-refractivity contribution in [3.05, 3.63) is 76.5 Å². The molecule has 7 rings (SSSR count). The van der Waals surface area contributed by atoms with Crippen LogP contribution < -0.4 is 14.9 Å². The van der Waals surface area contributed by atoms with Crippen molar-refractivity contribution in [1.29, 1.82) is 0 Å². The summed E-state index contributed by atoms with van der Waals surface area (Å²) in [6.07, 6.45) is -24.6. The summed E-state index contributed by atoms with van der Waals surface area (Å²) in [5, 5.41) is 135. The summed E-state index contributed by atoms with van der Waals surface area (Å²) >= 11 is 0. The predicted octanol–water partition coefficient (Wildman–Crippen LogP) is -2.24. The number of aliphatic hydroxyl groups excluding tert-OH is 9. The van der Waals surface area contributed by atoms with Gasteiger partial charge < -0.3 is 104 Å². The number of hydrogen-bond donors (Lipinski definition) is 13. The van der Waals surface area contributed by atoms with E-state index in [-0.39, 0.29) is 28.2 Å². The lowest BCUT2D eigenvalue weighted by atomic mass is 9.96. The molecule has 352 valence electrons. The monoisotopic (exact) mass is 918 g/mol. The molecule has 0 amide bonds. The van der Waals surface area contributed by atoms with Gasteiger partial charge in [-0.15, -0.1) is 0 Å². The van der Waals surface area contributed by atoms with Crippen LogP contribution in [0, 0.1) is 0 Å². The SMILES string of the molecule is CC1O[C@@H](Oc2cc(O)c3c(=O)c(O[C@@H]4OC(CO)[C@@H](OC(=O)/C=C/c5ccc(O)c(O)c5)C(O[C@@H]5OC(CO)[C@@H](O)C(O)[C@H]5O)C4O)c(-c4ccc(O)cc4)oc3c2)C(O)[C@@H](O)[C@H]1O. The number of benzene rings is 3. The van der Waals surface area contributed by atoms with Crippen LogP contribution in [0.15, 0.2) is 69.9 Å². The minimum absolute atomic E-state index is 0.0539. The highest BCUT2D eigenvalue weighted by atomic mass is 16.7. The fourth-order valence-electron chi connectivity index (χ4n) is 7.35. The molecule has 3 aliphatic heterocycles. The number of carbonyl (C=O) groups is 1. The highest BCUT2D eigenvalue weighted by Gasteiger charge is 2.53. The van der Waals surface area contributed by atoms with Crippen molar-refractivity contribution < 1.29 is 109 Å². The van der Waals surface area contributed by atoms with Gasteiger partial charge in [-0.05, 0) is 55.0 Å². The van der Waals surface area contributed by atoms with E-state index in [1.165, 1.54) is 43.3 Å². The summed E-state index contributed by atoms with van der Waals surface area (Å²) in [4.78, 5) is 27.7. The molecule has 23 heteroatoms. The number of aliphatic hydroxyl groups is 9. The first-order valence-electron chi connectivity index (χ1n) is 19.9. The number of hydrogen-bond acceptors (Lipinski definition) is 23. The highest BCUT2D eigenvalue weighted by Crippen LogP contribution is 2.40. The first-order chi connectivity index (χ1) is 30.9. The molecular formula is C42H46O23. The molecule has 3 aliphatic rings. The molecule has 65 heavy (non-hydrogen) atoms. The maximum absolute atomic E-state index is 14.4. The van der Waals surface area contributed by atoms with Crippen molar-refractivity contribution >= 4 is 23.0 Å². The van der Waals surface area contributed by atoms with Crippen LogP contribution in [-0.2, 0) is 28.5 Å². The van der Waals surface area contributed by atoms with Crippen LogP contribution in [-0.4, -0.2) is 178 Å². The van der Waals surface area contributed by atoms with E-state index in [4.69, 9.17) is 37.6 Å². The lowest BCUT2D eigenvalue weighted by molar-refractivity contribution is -0.353. The minimum atomic E-state index is -2.20. The Hall–Kier alpha value is -5.64. The molecule has 7 unspecified atom stereocenters. The van der Waals surface area contributed by atoms with Crippen LogP contribution in [0.4, 0.5) is 0 Å². The fraction of sp³-hybridized carbons (Fsp3) is 0.429. The molecule has 4 aromatic rings. The molecule has 0 aliphatic carbocycles. The van der Waals surface area contributed by atoms with Crippen LogP contribution >= 0.6 is 0 Å². The van der Waals surface area contributed by atoms with Crippen LogP contribution in [0.3, 0.4) is 0 Å². The molecule has 1 aromatic heterocycles. The van der Waals surface area contributed by atoms with Crippen LogP contribution in [0.25, 0.3) is 28.4 Å². The lowest BCUT2D eigenvalue weighted by Crippen LogP contribution is -2.66. The van der Waals surface area contributed by atoms with E-state index in [0.717, 1.165) is 30.3 Å². The first kappa shape index (κ1) is 47.3. The average molecular weight is 919 g/mol. The Morgan fingerprint density at radius 3 is 1.98 bits per heavy atom. The van der Waals surface area contributed by atoms with Gasteiger partial charge in [-0.25, -0.2) is 4.79 Å². The van der Waals surface area contributed by atoms with E-state index < -0.39 is 151 Å². The zero-order valence-electron chi connectivity index (χ0n) is 33.8. The minimum Gasteiger partial charge on any atom is -0.508 e. The molecule has 4 heterocycles. The van der Waals surface area contributed by atoms with Crippen molar-refractivity contribution in [2.75, 3.05) is 13.2 Å². The number of phenols is 4. The normalized spacial score (nSPS) is 32.9. The van der Waals surface area contributed by atoms with Gasteiger partial charge in [0.25, 0.3) is 0 Å². The van der Waals surface area contributed by atoms with E-state index >= 15 is 0 Å². The Morgan fingerprint density at radius 2 is 1.31 bits per heavy atom. The molecule has 23 nitrogen and oxygen atoms in total. The zero-order valence-corrected chi connectivity index (χ0v) is 33.8. The average Bonchev–Trinajstić information content (AvgIpc) is 3.28. The largest absolute Gasteiger partial charge is 0.508 e. The van der Waals surface area contributed by atoms with Crippen molar-refractivity contribution in [3.63, 3.8) is 0 Å². The highest BCUT2D eigenvalue weighted by molar-refractivity contribution is 5.89. The molecule has 3 saturated heterocycles. The third kappa shape index (κ3) is 9.68. The summed E-state index contributed by atoms with van der Waals surface area (Å²) in [5.41, 5.74) is -1.19. The van der Waals surface area contributed by atoms with Gasteiger partial charge in [0.15, 0.2) is 29.7 Å². The van der Waals surface area contributed by atoms with E-state index in [9.17, 15) is 76.0 Å². The van der Waals surface area contributed by atoms with Crippen LogP contribution in [0.1, 0.15) is 12.5 Å². The standard InChI is InChI=1S/C42H46O23/c1-15-28(50)31(53)33(55)40(58-15)59-19-11-22(48)27-23(12-19)60-36(17-4-6-18(45)7-5-17)38(30(27)52)64-42-35(57)39(65-41-34(56)32(54)29(51)24(13-43)61-41)37(25(14-44)62-42)63-26(49)9-3-16-2-8-20(46)21(47)10-16/h2-12,15,24-25,28-29,31-35,37,39-48,50-51,53-57H,13-14H2,1H3/b9-3+/t15?,24?,25?,28-,29+,31-,32?,33?,34+,35?,37+,39?,40-,41-,42-/m0/s1. The Kier molecular flexibility index (Phi) is 14.2. The van der Waals surface area contributed by atoms with Crippen molar-refractivity contribution in [2.24, 2.45) is 0 Å². The number of esters is 1. The second kappa shape index (κ2) is 19.4. The van der Waals surface area contributed by atoms with E-state index in [1.54, 1.807) is 0 Å². The van der Waals surface area contributed by atoms with Crippen LogP contribution in [0.2, 0.25) is 0 Å². The molecule has 0 bridgehead atoms. The van der Waals surface area contributed by atoms with Gasteiger partial charge in [0.05, 0.1) is 19.3 Å². The summed E-state index contributed by atoms with van der Waals surface area (Å²) in [7, 11) is 0. The Morgan fingerprint density at radius 1 is 0.662 bits per heavy atom. The molecular weight excluding hydrogens is 872 g/mol. The maximum atomic E-state index is 14.4. The quantitative estimate of drug-likeness (QED) is 0.0406. The first-order valence-corrected chi connectivity index (χ1v) is 19.9. The Balaban J connectivity index is 1.25. The number of rotatable bonds is 12. The van der Waals surface area contributed by atoms with Gasteiger partial charge in [0.1, 0.15) is 89.3 Å². The van der Waals surface area contributed by atoms with Gasteiger partial charge in [-0.2, -0.15) is 0 Å². The van der Waals surface area contributed by atoms with Crippen molar-refractivity contribution in [2.45, 2.75) is 99.0 Å². The van der Waals surface area contributed by atoms with E-state index in [0.29, 0.717) is 0 Å². The molecule has 0 spiro atoms. The van der Waals surface area contributed by atoms with Crippen molar-refractivity contribution in [1.82, 2.24) is 0 Å². The molecule has 13 N–H and O–H groups in total. The summed E-state index contributed by atoms with van der Waals surface area (Å²) in [6, 6.07) is 10.7. The summed E-state index contributed by atoms with van der Waals surface area (Å²) < 4.78 is 46.0. The third-order valence-corrected chi connectivity index (χ3v) is 10.9. The molecule has 3 aromatic carbocycles. The summed E-state index contributed by atoms with van der Waals surface area (Å²) in [5.74, 6) is -4.50. The Labute approximate surface area is 365 Å². The van der Waals surface area contributed by atoms with E-state index in [2.05, 4.69) is 0 Å². The van der Waals surface area contributed by atoms with Gasteiger partial charge in [-0.3, -0.25) is 4.79 Å². The number of ether oxygens (including phenoxy) is 7. The number of fused-ring (bicyclic) bond motifs is 1. The van der Waals surface area contributed by atoms with Gasteiger partial charge in [0.2, 0.25) is 23.8 Å². The van der Waals surface area contributed by atoms with Gasteiger partial charge in [0, 0.05) is 23.8 Å². The van der Waals surface area contributed by atoms with Crippen LogP contribution in [0.5, 0.6) is 34.5 Å². The summed E-state index contributed by atoms with van der Waals surface area (Å²) in [6.45, 7) is -0.483. The molecule has 0 radical (unpaired) electrons. The van der Waals surface area contributed by atoms with Crippen molar-refractivity contribution in [3.8, 4) is 45.8 Å². The van der Waals surface area contributed by atoms with Gasteiger partial charge in [-0.1, -0.05) is 6.07 Å². The number of carbonyl (C=O) groups excluding carboxylic acids is 1. The smallest absolute Gasteiger partial charge is 0.331 e. The zero-order chi connectivity index (χ0) is 47.0. The van der Waals surface area contributed by atoms with Gasteiger partial charge >= 0.3 is 5.97 Å². The molecule has 3 fully saturated rings. The van der Waals surface area contributed by atoms with E-state index in [1.807, 2.05) is 0 Å². The maximum Gasteiger partial charge on any atom is 0.331 e. The second-order valence-electron chi connectivity index (χ2n) is 15.4. The molecule has 15 atom stereocenters. The second-order valence-corrected chi connectivity index (χ2v) is 15.4.